The lowest BCUT2D eigenvalue weighted by Crippen LogP contribution is -2.46. The summed E-state index contributed by atoms with van der Waals surface area (Å²) in [6.07, 6.45) is 1.60. The van der Waals surface area contributed by atoms with Crippen LogP contribution in [-0.2, 0) is 21.2 Å². The van der Waals surface area contributed by atoms with E-state index in [0.29, 0.717) is 35.5 Å². The summed E-state index contributed by atoms with van der Waals surface area (Å²) in [5, 5.41) is 8.33. The smallest absolute Gasteiger partial charge is 0.247 e. The molecule has 3 aromatic rings. The van der Waals surface area contributed by atoms with Crippen LogP contribution in [0, 0.1) is 0 Å². The Morgan fingerprint density at radius 1 is 1.06 bits per heavy atom. The minimum Gasteiger partial charge on any atom is -0.309 e. The molecule has 1 atom stereocenters. The van der Waals surface area contributed by atoms with Crippen molar-refractivity contribution in [2.24, 2.45) is 0 Å². The molecule has 1 unspecified atom stereocenters. The number of nitrogens with zero attached hydrogens (tertiary/aromatic N) is 3. The van der Waals surface area contributed by atoms with E-state index in [2.05, 4.69) is 10.4 Å². The lowest BCUT2D eigenvalue weighted by molar-refractivity contribution is -0.121. The Morgan fingerprint density at radius 3 is 2.47 bits per heavy atom. The number of hydrogen-bond acceptors (Lipinski definition) is 5. The number of rotatable bonds is 6. The molecule has 1 fully saturated rings. The Hall–Kier alpha value is -2.39. The molecule has 4 rings (SSSR count). The van der Waals surface area contributed by atoms with Crippen molar-refractivity contribution in [2.75, 3.05) is 29.9 Å². The molecule has 7 nitrogen and oxygen atoms in total. The summed E-state index contributed by atoms with van der Waals surface area (Å²) < 4.78 is 25.4. The zero-order valence-corrected chi connectivity index (χ0v) is 19.4. The third-order valence-electron chi connectivity index (χ3n) is 5.41. The van der Waals surface area contributed by atoms with Crippen molar-refractivity contribution >= 4 is 44.8 Å². The molecule has 1 N–H and O–H groups in total. The second-order valence-electron chi connectivity index (χ2n) is 7.60. The van der Waals surface area contributed by atoms with E-state index in [1.54, 1.807) is 29.1 Å². The molecule has 0 bridgehead atoms. The average Bonchev–Trinajstić information content (AvgIpc) is 3.19. The van der Waals surface area contributed by atoms with Crippen molar-refractivity contribution in [3.63, 3.8) is 0 Å². The molecule has 1 aromatic heterocycles. The molecule has 1 amide bonds. The zero-order valence-electron chi connectivity index (χ0n) is 17.1. The highest BCUT2D eigenvalue weighted by Gasteiger charge is 2.32. The van der Waals surface area contributed by atoms with E-state index < -0.39 is 15.9 Å². The molecule has 2 heterocycles. The number of carbonyl (C=O) groups excluding carboxylic acids is 1. The van der Waals surface area contributed by atoms with Gasteiger partial charge >= 0.3 is 0 Å². The van der Waals surface area contributed by atoms with Crippen molar-refractivity contribution in [3.05, 3.63) is 82.0 Å². The molecule has 0 aliphatic carbocycles. The summed E-state index contributed by atoms with van der Waals surface area (Å²) in [5.74, 6) is 0.346. The molecule has 2 aromatic carbocycles. The van der Waals surface area contributed by atoms with Crippen LogP contribution in [0.2, 0.25) is 10.0 Å². The van der Waals surface area contributed by atoms with Gasteiger partial charge in [0.1, 0.15) is 11.9 Å². The molecule has 168 valence electrons. The zero-order chi connectivity index (χ0) is 22.7. The predicted octanol–water partition coefficient (Wildman–Crippen LogP) is 3.65. The van der Waals surface area contributed by atoms with Crippen molar-refractivity contribution in [3.8, 4) is 0 Å². The topological polar surface area (TPSA) is 84.3 Å². The van der Waals surface area contributed by atoms with E-state index >= 15 is 0 Å². The SMILES string of the molecule is O=C(Nc1ccnn1Cc1ccc(Cl)cc1Cl)C(c1ccccc1)N1CCS(=O)(=O)CC1. The first-order valence-corrected chi connectivity index (χ1v) is 12.7. The first-order valence-electron chi connectivity index (χ1n) is 10.1. The number of anilines is 1. The van der Waals surface area contributed by atoms with Crippen molar-refractivity contribution in [1.29, 1.82) is 0 Å². The Bertz CT molecular complexity index is 1200. The van der Waals surface area contributed by atoms with Crippen molar-refractivity contribution in [1.82, 2.24) is 14.7 Å². The molecule has 10 heteroatoms. The summed E-state index contributed by atoms with van der Waals surface area (Å²) in [6, 6.07) is 15.7. The third-order valence-corrected chi connectivity index (χ3v) is 7.61. The highest BCUT2D eigenvalue weighted by molar-refractivity contribution is 7.91. The van der Waals surface area contributed by atoms with Crippen LogP contribution in [0.1, 0.15) is 17.2 Å². The number of benzene rings is 2. The Labute approximate surface area is 196 Å². The van der Waals surface area contributed by atoms with Gasteiger partial charge in [0.2, 0.25) is 5.91 Å². The third kappa shape index (κ3) is 5.32. The molecular weight excluding hydrogens is 471 g/mol. The van der Waals surface area contributed by atoms with Gasteiger partial charge in [-0.15, -0.1) is 0 Å². The fourth-order valence-corrected chi connectivity index (χ4v) is 5.42. The van der Waals surface area contributed by atoms with Gasteiger partial charge < -0.3 is 5.32 Å². The van der Waals surface area contributed by atoms with Crippen LogP contribution in [0.3, 0.4) is 0 Å². The molecule has 0 spiro atoms. The first kappa shape index (κ1) is 22.8. The summed E-state index contributed by atoms with van der Waals surface area (Å²) >= 11 is 12.3. The van der Waals surface area contributed by atoms with E-state index in [-0.39, 0.29) is 17.4 Å². The predicted molar refractivity (Wildman–Crippen MR) is 126 cm³/mol. The van der Waals surface area contributed by atoms with E-state index in [4.69, 9.17) is 23.2 Å². The molecule has 1 saturated heterocycles. The van der Waals surface area contributed by atoms with E-state index in [1.165, 1.54) is 0 Å². The summed E-state index contributed by atoms with van der Waals surface area (Å²) in [5.41, 5.74) is 1.62. The quantitative estimate of drug-likeness (QED) is 0.567. The van der Waals surface area contributed by atoms with Gasteiger partial charge in [-0.25, -0.2) is 13.1 Å². The summed E-state index contributed by atoms with van der Waals surface area (Å²) in [6.45, 7) is 0.959. The molecule has 0 saturated carbocycles. The Balaban J connectivity index is 1.56. The van der Waals surface area contributed by atoms with Crippen molar-refractivity contribution in [2.45, 2.75) is 12.6 Å². The highest BCUT2D eigenvalue weighted by Crippen LogP contribution is 2.26. The number of aromatic nitrogens is 2. The second kappa shape index (κ2) is 9.62. The van der Waals surface area contributed by atoms with Gasteiger partial charge in [0, 0.05) is 29.2 Å². The fraction of sp³-hybridized carbons (Fsp3) is 0.273. The number of halogens is 2. The van der Waals surface area contributed by atoms with Gasteiger partial charge in [0.25, 0.3) is 0 Å². The maximum Gasteiger partial charge on any atom is 0.247 e. The van der Waals surface area contributed by atoms with Crippen LogP contribution in [0.5, 0.6) is 0 Å². The number of amides is 1. The number of sulfone groups is 1. The van der Waals surface area contributed by atoms with Crippen LogP contribution >= 0.6 is 23.2 Å². The monoisotopic (exact) mass is 492 g/mol. The molecular formula is C22H22Cl2N4O3S. The lowest BCUT2D eigenvalue weighted by atomic mass is 10.0. The standard InChI is InChI=1S/C22H22Cl2N4O3S/c23-18-7-6-17(19(24)14-18)15-28-20(8-9-25-28)26-22(29)21(16-4-2-1-3-5-16)27-10-12-32(30,31)13-11-27/h1-9,14,21H,10-13,15H2,(H,26,29). The van der Waals surface area contributed by atoms with Gasteiger partial charge in [0.05, 0.1) is 24.2 Å². The Morgan fingerprint density at radius 2 is 1.78 bits per heavy atom. The molecule has 32 heavy (non-hydrogen) atoms. The Kier molecular flexibility index (Phi) is 6.85. The lowest BCUT2D eigenvalue weighted by Gasteiger charge is -2.33. The van der Waals surface area contributed by atoms with Gasteiger partial charge in [0.15, 0.2) is 9.84 Å². The number of hydrogen-bond donors (Lipinski definition) is 1. The first-order chi connectivity index (χ1) is 15.3. The van der Waals surface area contributed by atoms with Gasteiger partial charge in [-0.1, -0.05) is 59.6 Å². The minimum atomic E-state index is -3.06. The van der Waals surface area contributed by atoms with Gasteiger partial charge in [-0.2, -0.15) is 5.10 Å². The maximum absolute atomic E-state index is 13.4. The maximum atomic E-state index is 13.4. The van der Waals surface area contributed by atoms with Crippen LogP contribution in [0.25, 0.3) is 0 Å². The largest absolute Gasteiger partial charge is 0.309 e. The number of carbonyl (C=O) groups is 1. The van der Waals surface area contributed by atoms with Crippen LogP contribution in [0.15, 0.2) is 60.8 Å². The molecule has 1 aliphatic heterocycles. The number of nitrogens with one attached hydrogen (secondary N) is 1. The van der Waals surface area contributed by atoms with E-state index in [1.807, 2.05) is 41.3 Å². The summed E-state index contributed by atoms with van der Waals surface area (Å²) in [7, 11) is -3.06. The second-order valence-corrected chi connectivity index (χ2v) is 10.7. The normalized spacial score (nSPS) is 17.1. The van der Waals surface area contributed by atoms with Crippen LogP contribution in [0.4, 0.5) is 5.82 Å². The van der Waals surface area contributed by atoms with Crippen LogP contribution in [-0.4, -0.2) is 53.6 Å². The average molecular weight is 493 g/mol. The van der Waals surface area contributed by atoms with Gasteiger partial charge in [-0.3, -0.25) is 9.69 Å². The van der Waals surface area contributed by atoms with Crippen LogP contribution < -0.4 is 5.32 Å². The molecule has 0 radical (unpaired) electrons. The minimum absolute atomic E-state index is 0.0383. The van der Waals surface area contributed by atoms with Gasteiger partial charge in [-0.05, 0) is 23.3 Å². The molecule has 1 aliphatic rings. The summed E-state index contributed by atoms with van der Waals surface area (Å²) in [4.78, 5) is 15.3. The van der Waals surface area contributed by atoms with Crippen molar-refractivity contribution < 1.29 is 13.2 Å². The fourth-order valence-electron chi connectivity index (χ4n) is 3.72. The van der Waals surface area contributed by atoms with E-state index in [9.17, 15) is 13.2 Å². The van der Waals surface area contributed by atoms with E-state index in [0.717, 1.165) is 11.1 Å². The highest BCUT2D eigenvalue weighted by atomic mass is 35.5.